The molecule has 1 heterocycles. The standard InChI is InChI=1S/C22H25N3O3/c1-5-25(6-2)21-17-10-8-7-9-16(17)18(14-23-21)22(26)24-19-12-11-15(27-3)13-20(19)28-4/h7-14H,5-6H2,1-4H3,(H,24,26). The van der Waals surface area contributed by atoms with Gasteiger partial charge in [-0.3, -0.25) is 4.79 Å². The molecular weight excluding hydrogens is 354 g/mol. The van der Waals surface area contributed by atoms with Crippen molar-refractivity contribution in [3.8, 4) is 11.5 Å². The second kappa shape index (κ2) is 8.61. The first-order valence-corrected chi connectivity index (χ1v) is 9.29. The van der Waals surface area contributed by atoms with E-state index in [9.17, 15) is 4.79 Å². The Hall–Kier alpha value is -3.28. The lowest BCUT2D eigenvalue weighted by Crippen LogP contribution is -2.24. The maximum Gasteiger partial charge on any atom is 0.257 e. The lowest BCUT2D eigenvalue weighted by atomic mass is 10.1. The summed E-state index contributed by atoms with van der Waals surface area (Å²) in [6.07, 6.45) is 1.64. The quantitative estimate of drug-likeness (QED) is 0.661. The summed E-state index contributed by atoms with van der Waals surface area (Å²) in [5, 5.41) is 4.75. The SMILES string of the molecule is CCN(CC)c1ncc(C(=O)Nc2ccc(OC)cc2OC)c2ccccc12. The van der Waals surface area contributed by atoms with E-state index in [0.717, 1.165) is 29.7 Å². The number of rotatable bonds is 7. The molecule has 1 N–H and O–H groups in total. The monoisotopic (exact) mass is 379 g/mol. The number of ether oxygens (including phenoxy) is 2. The highest BCUT2D eigenvalue weighted by atomic mass is 16.5. The summed E-state index contributed by atoms with van der Waals surface area (Å²) in [6, 6.07) is 13.1. The molecule has 2 aromatic carbocycles. The second-order valence-corrected chi connectivity index (χ2v) is 6.23. The summed E-state index contributed by atoms with van der Waals surface area (Å²) in [4.78, 5) is 19.8. The van der Waals surface area contributed by atoms with Crippen molar-refractivity contribution in [1.29, 1.82) is 0 Å². The predicted octanol–water partition coefficient (Wildman–Crippen LogP) is 4.35. The lowest BCUT2D eigenvalue weighted by Gasteiger charge is -2.22. The second-order valence-electron chi connectivity index (χ2n) is 6.23. The highest BCUT2D eigenvalue weighted by molar-refractivity contribution is 6.14. The third-order valence-corrected chi connectivity index (χ3v) is 4.74. The first-order chi connectivity index (χ1) is 13.6. The summed E-state index contributed by atoms with van der Waals surface area (Å²) in [6.45, 7) is 5.89. The number of benzene rings is 2. The van der Waals surface area contributed by atoms with E-state index in [2.05, 4.69) is 29.0 Å². The van der Waals surface area contributed by atoms with Crippen molar-refractivity contribution in [2.24, 2.45) is 0 Å². The van der Waals surface area contributed by atoms with Gasteiger partial charge < -0.3 is 19.7 Å². The van der Waals surface area contributed by atoms with Crippen LogP contribution in [0.3, 0.4) is 0 Å². The topological polar surface area (TPSA) is 63.7 Å². The van der Waals surface area contributed by atoms with Crippen LogP contribution in [0.4, 0.5) is 11.5 Å². The van der Waals surface area contributed by atoms with E-state index in [-0.39, 0.29) is 5.91 Å². The summed E-state index contributed by atoms with van der Waals surface area (Å²) in [5.41, 5.74) is 1.09. The number of carbonyl (C=O) groups excluding carboxylic acids is 1. The minimum absolute atomic E-state index is 0.238. The molecule has 6 nitrogen and oxygen atoms in total. The lowest BCUT2D eigenvalue weighted by molar-refractivity contribution is 0.102. The molecule has 1 aromatic heterocycles. The number of hydrogen-bond acceptors (Lipinski definition) is 5. The number of aromatic nitrogens is 1. The van der Waals surface area contributed by atoms with Gasteiger partial charge in [0, 0.05) is 30.7 Å². The molecule has 0 unspecified atom stereocenters. The fourth-order valence-corrected chi connectivity index (χ4v) is 3.23. The van der Waals surface area contributed by atoms with Crippen LogP contribution in [0.2, 0.25) is 0 Å². The van der Waals surface area contributed by atoms with Crippen LogP contribution in [-0.2, 0) is 0 Å². The summed E-state index contributed by atoms with van der Waals surface area (Å²) >= 11 is 0. The van der Waals surface area contributed by atoms with Crippen molar-refractivity contribution < 1.29 is 14.3 Å². The van der Waals surface area contributed by atoms with Gasteiger partial charge in [0.2, 0.25) is 0 Å². The minimum atomic E-state index is -0.238. The van der Waals surface area contributed by atoms with Crippen molar-refractivity contribution >= 4 is 28.2 Å². The largest absolute Gasteiger partial charge is 0.497 e. The van der Waals surface area contributed by atoms with Crippen LogP contribution in [0, 0.1) is 0 Å². The van der Waals surface area contributed by atoms with Crippen molar-refractivity contribution in [2.45, 2.75) is 13.8 Å². The highest BCUT2D eigenvalue weighted by Gasteiger charge is 2.17. The number of amides is 1. The number of nitrogens with one attached hydrogen (secondary N) is 1. The Morgan fingerprint density at radius 3 is 2.39 bits per heavy atom. The molecule has 146 valence electrons. The molecule has 0 spiro atoms. The van der Waals surface area contributed by atoms with Crippen LogP contribution in [0.15, 0.2) is 48.7 Å². The third kappa shape index (κ3) is 3.71. The summed E-state index contributed by atoms with van der Waals surface area (Å²) in [7, 11) is 3.14. The molecule has 0 radical (unpaired) electrons. The fraction of sp³-hybridized carbons (Fsp3) is 0.273. The Bertz CT molecular complexity index is 984. The maximum absolute atomic E-state index is 13.0. The number of carbonyl (C=O) groups is 1. The number of anilines is 2. The molecule has 0 saturated heterocycles. The van der Waals surface area contributed by atoms with Gasteiger partial charge in [-0.1, -0.05) is 24.3 Å². The van der Waals surface area contributed by atoms with Gasteiger partial charge in [0.15, 0.2) is 0 Å². The maximum atomic E-state index is 13.0. The Morgan fingerprint density at radius 1 is 1.04 bits per heavy atom. The smallest absolute Gasteiger partial charge is 0.257 e. The Balaban J connectivity index is 2.00. The average Bonchev–Trinajstić information content (AvgIpc) is 2.74. The molecule has 1 amide bonds. The zero-order chi connectivity index (χ0) is 20.1. The molecule has 6 heteroatoms. The zero-order valence-electron chi connectivity index (χ0n) is 16.7. The number of hydrogen-bond donors (Lipinski definition) is 1. The molecule has 0 fully saturated rings. The number of pyridine rings is 1. The van der Waals surface area contributed by atoms with Gasteiger partial charge in [-0.15, -0.1) is 0 Å². The first kappa shape index (κ1) is 19.5. The van der Waals surface area contributed by atoms with E-state index in [1.807, 2.05) is 24.3 Å². The van der Waals surface area contributed by atoms with Gasteiger partial charge in [-0.2, -0.15) is 0 Å². The van der Waals surface area contributed by atoms with Gasteiger partial charge >= 0.3 is 0 Å². The van der Waals surface area contributed by atoms with E-state index in [4.69, 9.17) is 9.47 Å². The van der Waals surface area contributed by atoms with E-state index in [0.29, 0.717) is 22.7 Å². The summed E-state index contributed by atoms with van der Waals surface area (Å²) in [5.74, 6) is 1.84. The molecule has 28 heavy (non-hydrogen) atoms. The molecule has 3 rings (SSSR count). The molecule has 0 bridgehead atoms. The normalized spacial score (nSPS) is 10.6. The van der Waals surface area contributed by atoms with Gasteiger partial charge in [0.05, 0.1) is 25.5 Å². The van der Waals surface area contributed by atoms with Crippen LogP contribution in [0.25, 0.3) is 10.8 Å². The minimum Gasteiger partial charge on any atom is -0.497 e. The van der Waals surface area contributed by atoms with Crippen molar-refractivity contribution in [3.05, 3.63) is 54.2 Å². The molecule has 0 aliphatic heterocycles. The van der Waals surface area contributed by atoms with Gasteiger partial charge in [0.1, 0.15) is 17.3 Å². The van der Waals surface area contributed by atoms with Crippen LogP contribution in [0.1, 0.15) is 24.2 Å². The number of fused-ring (bicyclic) bond motifs is 1. The molecule has 0 atom stereocenters. The van der Waals surface area contributed by atoms with Gasteiger partial charge in [-0.05, 0) is 31.4 Å². The Kier molecular flexibility index (Phi) is 5.99. The van der Waals surface area contributed by atoms with E-state index in [1.165, 1.54) is 0 Å². The molecule has 0 aliphatic rings. The highest BCUT2D eigenvalue weighted by Crippen LogP contribution is 2.31. The van der Waals surface area contributed by atoms with E-state index >= 15 is 0 Å². The van der Waals surface area contributed by atoms with Crippen molar-refractivity contribution in [2.75, 3.05) is 37.5 Å². The Morgan fingerprint density at radius 2 is 1.75 bits per heavy atom. The molecule has 0 aliphatic carbocycles. The van der Waals surface area contributed by atoms with Crippen LogP contribution in [0.5, 0.6) is 11.5 Å². The Labute approximate surface area is 165 Å². The van der Waals surface area contributed by atoms with Gasteiger partial charge in [-0.25, -0.2) is 4.98 Å². The molecular formula is C22H25N3O3. The van der Waals surface area contributed by atoms with Crippen LogP contribution >= 0.6 is 0 Å². The number of methoxy groups -OCH3 is 2. The van der Waals surface area contributed by atoms with Gasteiger partial charge in [0.25, 0.3) is 5.91 Å². The van der Waals surface area contributed by atoms with Crippen molar-refractivity contribution in [1.82, 2.24) is 4.98 Å². The van der Waals surface area contributed by atoms with Crippen LogP contribution in [-0.4, -0.2) is 38.2 Å². The predicted molar refractivity (Wildman–Crippen MR) is 113 cm³/mol. The van der Waals surface area contributed by atoms with E-state index < -0.39 is 0 Å². The molecule has 3 aromatic rings. The first-order valence-electron chi connectivity index (χ1n) is 9.29. The third-order valence-electron chi connectivity index (χ3n) is 4.74. The number of nitrogens with zero attached hydrogens (tertiary/aromatic N) is 2. The fourth-order valence-electron chi connectivity index (χ4n) is 3.23. The van der Waals surface area contributed by atoms with Crippen LogP contribution < -0.4 is 19.7 Å². The van der Waals surface area contributed by atoms with E-state index in [1.54, 1.807) is 38.6 Å². The summed E-state index contributed by atoms with van der Waals surface area (Å²) < 4.78 is 10.6. The van der Waals surface area contributed by atoms with Crippen molar-refractivity contribution in [3.63, 3.8) is 0 Å². The zero-order valence-corrected chi connectivity index (χ0v) is 16.7. The average molecular weight is 379 g/mol. The molecule has 0 saturated carbocycles.